The average molecular weight is 302 g/mol. The van der Waals surface area contributed by atoms with Crippen molar-refractivity contribution in [3.8, 4) is 0 Å². The van der Waals surface area contributed by atoms with E-state index in [9.17, 15) is 18.0 Å². The number of carbonyl (C=O) groups excluding carboxylic acids is 1. The smallest absolute Gasteiger partial charge is 0.342 e. The molecule has 0 radical (unpaired) electrons. The molecule has 1 heterocycles. The number of piperidine rings is 1. The summed E-state index contributed by atoms with van der Waals surface area (Å²) in [4.78, 5) is 13.1. The standard InChI is InChI=1S/C10H15BrF3NO/c11-6-8-2-1-5-15(7-8)9(16)3-4-10(12,13)14/h8H,1-7H2. The quantitative estimate of drug-likeness (QED) is 0.734. The van der Waals surface area contributed by atoms with E-state index in [-0.39, 0.29) is 5.91 Å². The molecule has 1 atom stereocenters. The molecule has 0 N–H and O–H groups in total. The van der Waals surface area contributed by atoms with Crippen LogP contribution in [0.25, 0.3) is 0 Å². The third kappa shape index (κ3) is 4.72. The maximum absolute atomic E-state index is 11.9. The van der Waals surface area contributed by atoms with E-state index in [4.69, 9.17) is 0 Å². The van der Waals surface area contributed by atoms with Gasteiger partial charge in [0.25, 0.3) is 0 Å². The molecular formula is C10H15BrF3NO. The van der Waals surface area contributed by atoms with Crippen LogP contribution in [0.4, 0.5) is 13.2 Å². The van der Waals surface area contributed by atoms with E-state index in [2.05, 4.69) is 15.9 Å². The van der Waals surface area contributed by atoms with Crippen LogP contribution in [0.3, 0.4) is 0 Å². The normalized spacial score (nSPS) is 22.2. The van der Waals surface area contributed by atoms with E-state index in [0.717, 1.165) is 18.2 Å². The van der Waals surface area contributed by atoms with E-state index in [0.29, 0.717) is 19.0 Å². The van der Waals surface area contributed by atoms with Crippen molar-refractivity contribution in [1.29, 1.82) is 0 Å². The molecule has 94 valence electrons. The van der Waals surface area contributed by atoms with Crippen LogP contribution in [0.2, 0.25) is 0 Å². The number of likely N-dealkylation sites (tertiary alicyclic amines) is 1. The van der Waals surface area contributed by atoms with Gasteiger partial charge in [-0.05, 0) is 18.8 Å². The molecule has 0 aromatic rings. The van der Waals surface area contributed by atoms with Crippen molar-refractivity contribution in [2.45, 2.75) is 31.9 Å². The molecule has 1 amide bonds. The van der Waals surface area contributed by atoms with Gasteiger partial charge in [-0.15, -0.1) is 0 Å². The average Bonchev–Trinajstić information content (AvgIpc) is 2.25. The molecule has 6 heteroatoms. The van der Waals surface area contributed by atoms with Gasteiger partial charge in [-0.3, -0.25) is 4.79 Å². The lowest BCUT2D eigenvalue weighted by atomic mass is 10.00. The van der Waals surface area contributed by atoms with Crippen LogP contribution < -0.4 is 0 Å². The van der Waals surface area contributed by atoms with Crippen LogP contribution >= 0.6 is 15.9 Å². The molecule has 1 unspecified atom stereocenters. The van der Waals surface area contributed by atoms with Crippen molar-refractivity contribution < 1.29 is 18.0 Å². The van der Waals surface area contributed by atoms with E-state index >= 15 is 0 Å². The summed E-state index contributed by atoms with van der Waals surface area (Å²) in [6.07, 6.45) is -3.75. The van der Waals surface area contributed by atoms with Gasteiger partial charge in [0.1, 0.15) is 0 Å². The van der Waals surface area contributed by atoms with Crippen LogP contribution in [0, 0.1) is 5.92 Å². The molecule has 16 heavy (non-hydrogen) atoms. The summed E-state index contributed by atoms with van der Waals surface area (Å²) >= 11 is 3.34. The van der Waals surface area contributed by atoms with Crippen LogP contribution in [0.1, 0.15) is 25.7 Å². The zero-order valence-corrected chi connectivity index (χ0v) is 10.5. The summed E-state index contributed by atoms with van der Waals surface area (Å²) in [6.45, 7) is 1.18. The first-order valence-corrected chi connectivity index (χ1v) is 6.45. The lowest BCUT2D eigenvalue weighted by Gasteiger charge is -2.32. The number of hydrogen-bond acceptors (Lipinski definition) is 1. The minimum absolute atomic E-state index is 0.372. The Labute approximate surface area is 101 Å². The Morgan fingerprint density at radius 2 is 2.12 bits per heavy atom. The maximum Gasteiger partial charge on any atom is 0.389 e. The molecule has 0 bridgehead atoms. The number of rotatable bonds is 3. The number of carbonyl (C=O) groups is 1. The van der Waals surface area contributed by atoms with Gasteiger partial charge < -0.3 is 4.90 Å². The molecule has 1 rings (SSSR count). The topological polar surface area (TPSA) is 20.3 Å². The minimum atomic E-state index is -4.24. The third-order valence-corrected chi connectivity index (χ3v) is 3.63. The van der Waals surface area contributed by atoms with E-state index < -0.39 is 19.0 Å². The molecule has 0 aliphatic carbocycles. The first kappa shape index (κ1) is 13.8. The third-order valence-electron chi connectivity index (χ3n) is 2.71. The molecule has 0 saturated carbocycles. The Kier molecular flexibility index (Phi) is 5.08. The minimum Gasteiger partial charge on any atom is -0.342 e. The summed E-state index contributed by atoms with van der Waals surface area (Å²) in [5, 5.41) is 0.802. The molecule has 0 spiro atoms. The number of amides is 1. The zero-order valence-electron chi connectivity index (χ0n) is 8.89. The predicted molar refractivity (Wildman–Crippen MR) is 58.4 cm³/mol. The molecule has 2 nitrogen and oxygen atoms in total. The van der Waals surface area contributed by atoms with Crippen molar-refractivity contribution in [2.75, 3.05) is 18.4 Å². The van der Waals surface area contributed by atoms with Crippen LogP contribution in [0.5, 0.6) is 0 Å². The molecule has 1 fully saturated rings. The second-order valence-electron chi connectivity index (χ2n) is 4.12. The number of alkyl halides is 4. The Balaban J connectivity index is 2.36. The van der Waals surface area contributed by atoms with Crippen LogP contribution in [-0.4, -0.2) is 35.4 Å². The number of hydrogen-bond donors (Lipinski definition) is 0. The Morgan fingerprint density at radius 1 is 1.44 bits per heavy atom. The molecular weight excluding hydrogens is 287 g/mol. The van der Waals surface area contributed by atoms with Crippen molar-refractivity contribution in [3.63, 3.8) is 0 Å². The Morgan fingerprint density at radius 3 is 2.69 bits per heavy atom. The van der Waals surface area contributed by atoms with E-state index in [1.807, 2.05) is 0 Å². The number of nitrogens with zero attached hydrogens (tertiary/aromatic N) is 1. The van der Waals surface area contributed by atoms with Crippen molar-refractivity contribution in [2.24, 2.45) is 5.92 Å². The molecule has 1 saturated heterocycles. The fourth-order valence-corrected chi connectivity index (χ4v) is 2.35. The van der Waals surface area contributed by atoms with Gasteiger partial charge in [-0.2, -0.15) is 13.2 Å². The summed E-state index contributed by atoms with van der Waals surface area (Å²) in [7, 11) is 0. The number of halogens is 4. The molecule has 0 aromatic heterocycles. The van der Waals surface area contributed by atoms with E-state index in [1.54, 1.807) is 4.90 Å². The summed E-state index contributed by atoms with van der Waals surface area (Å²) in [5.74, 6) is 0.00608. The molecule has 1 aliphatic heterocycles. The summed E-state index contributed by atoms with van der Waals surface area (Å²) in [5.41, 5.74) is 0. The van der Waals surface area contributed by atoms with Crippen molar-refractivity contribution in [1.82, 2.24) is 4.90 Å². The van der Waals surface area contributed by atoms with Gasteiger partial charge >= 0.3 is 6.18 Å². The monoisotopic (exact) mass is 301 g/mol. The largest absolute Gasteiger partial charge is 0.389 e. The van der Waals surface area contributed by atoms with Gasteiger partial charge in [0.15, 0.2) is 0 Å². The SMILES string of the molecule is O=C(CCC(F)(F)F)N1CCCC(CBr)C1. The predicted octanol–water partition coefficient (Wildman–Crippen LogP) is 2.96. The van der Waals surface area contributed by atoms with Crippen LogP contribution in [-0.2, 0) is 4.79 Å². The van der Waals surface area contributed by atoms with Gasteiger partial charge in [0.05, 0.1) is 6.42 Å². The van der Waals surface area contributed by atoms with Gasteiger partial charge in [0, 0.05) is 24.8 Å². The van der Waals surface area contributed by atoms with E-state index in [1.165, 1.54) is 0 Å². The maximum atomic E-state index is 11.9. The lowest BCUT2D eigenvalue weighted by Crippen LogP contribution is -2.40. The molecule has 1 aliphatic rings. The van der Waals surface area contributed by atoms with Gasteiger partial charge in [-0.25, -0.2) is 0 Å². The van der Waals surface area contributed by atoms with Crippen molar-refractivity contribution in [3.05, 3.63) is 0 Å². The second-order valence-corrected chi connectivity index (χ2v) is 4.76. The highest BCUT2D eigenvalue weighted by molar-refractivity contribution is 9.09. The first-order valence-electron chi connectivity index (χ1n) is 5.33. The summed E-state index contributed by atoms with van der Waals surface area (Å²) < 4.78 is 35.8. The lowest BCUT2D eigenvalue weighted by molar-refractivity contribution is -0.150. The second kappa shape index (κ2) is 5.89. The highest BCUT2D eigenvalue weighted by Crippen LogP contribution is 2.24. The fraction of sp³-hybridized carbons (Fsp3) is 0.900. The first-order chi connectivity index (χ1) is 7.42. The van der Waals surface area contributed by atoms with Crippen LogP contribution in [0.15, 0.2) is 0 Å². The Hall–Kier alpha value is -0.260. The Bertz CT molecular complexity index is 245. The van der Waals surface area contributed by atoms with Gasteiger partial charge in [-0.1, -0.05) is 15.9 Å². The summed E-state index contributed by atoms with van der Waals surface area (Å²) in [6, 6.07) is 0. The fourth-order valence-electron chi connectivity index (χ4n) is 1.82. The zero-order chi connectivity index (χ0) is 12.2. The highest BCUT2D eigenvalue weighted by atomic mass is 79.9. The molecule has 0 aromatic carbocycles. The van der Waals surface area contributed by atoms with Gasteiger partial charge in [0.2, 0.25) is 5.91 Å². The van der Waals surface area contributed by atoms with Crippen molar-refractivity contribution >= 4 is 21.8 Å². The highest BCUT2D eigenvalue weighted by Gasteiger charge is 2.30.